The van der Waals surface area contributed by atoms with Crippen molar-refractivity contribution in [2.45, 2.75) is 44.9 Å². The summed E-state index contributed by atoms with van der Waals surface area (Å²) in [5.41, 5.74) is 9.90. The number of nitrogens with one attached hydrogen (secondary N) is 1. The van der Waals surface area contributed by atoms with E-state index in [2.05, 4.69) is 38.4 Å². The summed E-state index contributed by atoms with van der Waals surface area (Å²) in [7, 11) is -3.54. The largest absolute Gasteiger partial charge is 0.383 e. The van der Waals surface area contributed by atoms with E-state index < -0.39 is 15.9 Å². The standard InChI is InChI=1S/C26H30BrN5O3S/c1-4-18(14-20-8-6-5-7-16(20)2)21-15-29-32-25(28)23(27)24(30-26(21)32)19-11-9-17(10-12-19)13-22(33)31-36(3,34)35/h4-8,14-15,17,19H,2,9-13,28H2,1,3H3,(H,31,33)/b18-4+,20-14-. The van der Waals surface area contributed by atoms with Crippen LogP contribution in [0.4, 0.5) is 5.82 Å². The van der Waals surface area contributed by atoms with E-state index in [0.29, 0.717) is 11.5 Å². The summed E-state index contributed by atoms with van der Waals surface area (Å²) >= 11 is 3.64. The van der Waals surface area contributed by atoms with Crippen molar-refractivity contribution in [3.63, 3.8) is 0 Å². The maximum atomic E-state index is 12.0. The van der Waals surface area contributed by atoms with Crippen LogP contribution in [0.2, 0.25) is 0 Å². The van der Waals surface area contributed by atoms with Crippen LogP contribution in [-0.2, 0) is 14.8 Å². The molecule has 0 unspecified atom stereocenters. The topological polar surface area (TPSA) is 119 Å². The fraction of sp³-hybridized carbons (Fsp3) is 0.346. The van der Waals surface area contributed by atoms with Crippen LogP contribution >= 0.6 is 15.9 Å². The molecule has 1 aliphatic rings. The van der Waals surface area contributed by atoms with Gasteiger partial charge in [-0.1, -0.05) is 36.9 Å². The maximum absolute atomic E-state index is 12.0. The van der Waals surface area contributed by atoms with Gasteiger partial charge in [0.2, 0.25) is 15.9 Å². The Balaban J connectivity index is 1.62. The summed E-state index contributed by atoms with van der Waals surface area (Å²) in [5, 5.41) is 6.46. The first-order valence-electron chi connectivity index (χ1n) is 11.8. The highest BCUT2D eigenvalue weighted by molar-refractivity contribution is 9.10. The van der Waals surface area contributed by atoms with Crippen molar-refractivity contribution in [2.75, 3.05) is 12.0 Å². The Morgan fingerprint density at radius 3 is 2.61 bits per heavy atom. The van der Waals surface area contributed by atoms with Crippen LogP contribution in [0.25, 0.3) is 23.9 Å². The Kier molecular flexibility index (Phi) is 7.65. The van der Waals surface area contributed by atoms with Gasteiger partial charge in [-0.2, -0.15) is 9.61 Å². The Bertz CT molecular complexity index is 1550. The summed E-state index contributed by atoms with van der Waals surface area (Å²) < 4.78 is 27.1. The van der Waals surface area contributed by atoms with Gasteiger partial charge in [0.15, 0.2) is 5.65 Å². The molecule has 8 nitrogen and oxygen atoms in total. The maximum Gasteiger partial charge on any atom is 0.233 e. The third-order valence-corrected chi connectivity index (χ3v) is 8.05. The normalized spacial score (nSPS) is 19.5. The molecule has 36 heavy (non-hydrogen) atoms. The van der Waals surface area contributed by atoms with Gasteiger partial charge in [0.05, 0.1) is 22.6 Å². The number of benzene rings is 1. The number of amides is 1. The number of nitrogens with zero attached hydrogens (tertiary/aromatic N) is 3. The van der Waals surface area contributed by atoms with Gasteiger partial charge in [0.25, 0.3) is 0 Å². The number of hydrogen-bond donors (Lipinski definition) is 2. The van der Waals surface area contributed by atoms with Gasteiger partial charge < -0.3 is 5.73 Å². The minimum atomic E-state index is -3.54. The van der Waals surface area contributed by atoms with Crippen LogP contribution < -0.4 is 20.9 Å². The summed E-state index contributed by atoms with van der Waals surface area (Å²) in [6, 6.07) is 7.94. The Morgan fingerprint density at radius 1 is 1.28 bits per heavy atom. The molecule has 0 saturated heterocycles. The number of sulfonamides is 1. The van der Waals surface area contributed by atoms with Crippen LogP contribution in [-0.4, -0.2) is 35.2 Å². The highest BCUT2D eigenvalue weighted by Crippen LogP contribution is 2.41. The van der Waals surface area contributed by atoms with Crippen LogP contribution in [0.15, 0.2) is 41.0 Å². The molecule has 10 heteroatoms. The molecule has 1 aliphatic carbocycles. The number of nitrogens with two attached hydrogens (primary N) is 1. The molecular weight excluding hydrogens is 542 g/mol. The number of anilines is 1. The van der Waals surface area contributed by atoms with E-state index in [-0.39, 0.29) is 18.3 Å². The SMILES string of the molecule is C=c1cccc/c1=C/C(=C\C)c1cnn2c(N)c(Br)c(C3CCC(CC(=O)NS(C)(=O)=O)CC3)nc12. The zero-order chi connectivity index (χ0) is 26.0. The van der Waals surface area contributed by atoms with Gasteiger partial charge >= 0.3 is 0 Å². The number of carbonyl (C=O) groups excluding carboxylic acids is 1. The van der Waals surface area contributed by atoms with Crippen molar-refractivity contribution in [3.8, 4) is 0 Å². The Hall–Kier alpha value is -2.98. The number of nitrogen functional groups attached to an aromatic ring is 1. The van der Waals surface area contributed by atoms with Gasteiger partial charge in [0, 0.05) is 17.9 Å². The second-order valence-electron chi connectivity index (χ2n) is 9.30. The molecule has 1 fully saturated rings. The Labute approximate surface area is 219 Å². The Morgan fingerprint density at radius 2 is 1.97 bits per heavy atom. The number of rotatable bonds is 6. The van der Waals surface area contributed by atoms with E-state index in [1.165, 1.54) is 0 Å². The molecule has 190 valence electrons. The van der Waals surface area contributed by atoms with Gasteiger partial charge in [-0.3, -0.25) is 9.52 Å². The molecule has 0 bridgehead atoms. The van der Waals surface area contributed by atoms with Gasteiger partial charge in [0.1, 0.15) is 5.82 Å². The van der Waals surface area contributed by atoms with Crippen molar-refractivity contribution in [3.05, 3.63) is 62.7 Å². The molecule has 4 rings (SSSR count). The van der Waals surface area contributed by atoms with Crippen molar-refractivity contribution >= 4 is 61.6 Å². The van der Waals surface area contributed by atoms with Gasteiger partial charge in [-0.25, -0.2) is 13.4 Å². The van der Waals surface area contributed by atoms with Crippen LogP contribution in [0.5, 0.6) is 0 Å². The summed E-state index contributed by atoms with van der Waals surface area (Å²) in [6.07, 6.45) is 10.4. The molecule has 3 aromatic rings. The first-order valence-corrected chi connectivity index (χ1v) is 14.5. The number of halogens is 1. The average Bonchev–Trinajstić information content (AvgIpc) is 3.24. The highest BCUT2D eigenvalue weighted by atomic mass is 79.9. The molecule has 0 spiro atoms. The molecule has 1 saturated carbocycles. The second-order valence-corrected chi connectivity index (χ2v) is 11.8. The van der Waals surface area contributed by atoms with Crippen molar-refractivity contribution < 1.29 is 13.2 Å². The van der Waals surface area contributed by atoms with E-state index in [1.807, 2.05) is 37.3 Å². The lowest BCUT2D eigenvalue weighted by Gasteiger charge is -2.28. The summed E-state index contributed by atoms with van der Waals surface area (Å²) in [6.45, 7) is 6.10. The van der Waals surface area contributed by atoms with Crippen molar-refractivity contribution in [1.29, 1.82) is 0 Å². The zero-order valence-electron chi connectivity index (χ0n) is 20.4. The number of allylic oxidation sites excluding steroid dienone is 2. The molecule has 3 N–H and O–H groups in total. The summed E-state index contributed by atoms with van der Waals surface area (Å²) in [4.78, 5) is 17.1. The molecule has 0 atom stereocenters. The number of carbonyl (C=O) groups is 1. The first kappa shape index (κ1) is 26.1. The molecule has 2 heterocycles. The second kappa shape index (κ2) is 10.6. The third-order valence-electron chi connectivity index (χ3n) is 6.64. The van der Waals surface area contributed by atoms with Gasteiger partial charge in [-0.15, -0.1) is 0 Å². The summed E-state index contributed by atoms with van der Waals surface area (Å²) in [5.74, 6) is 0.347. The minimum Gasteiger partial charge on any atom is -0.383 e. The number of aromatic nitrogens is 3. The lowest BCUT2D eigenvalue weighted by Crippen LogP contribution is -2.31. The quantitative estimate of drug-likeness (QED) is 0.469. The smallest absolute Gasteiger partial charge is 0.233 e. The molecule has 0 radical (unpaired) electrons. The van der Waals surface area contributed by atoms with Crippen LogP contribution in [0, 0.1) is 5.92 Å². The molecular formula is C26H30BrN5O3S. The molecule has 2 aromatic heterocycles. The fourth-order valence-electron chi connectivity index (χ4n) is 4.80. The third kappa shape index (κ3) is 5.70. The van der Waals surface area contributed by atoms with E-state index in [9.17, 15) is 13.2 Å². The van der Waals surface area contributed by atoms with E-state index in [0.717, 1.165) is 63.7 Å². The fourth-order valence-corrected chi connectivity index (χ4v) is 5.87. The van der Waals surface area contributed by atoms with E-state index in [1.54, 1.807) is 10.7 Å². The van der Waals surface area contributed by atoms with Crippen LogP contribution in [0.3, 0.4) is 0 Å². The highest BCUT2D eigenvalue weighted by Gasteiger charge is 2.28. The number of fused-ring (bicyclic) bond motifs is 1. The first-order chi connectivity index (χ1) is 17.1. The van der Waals surface area contributed by atoms with E-state index in [4.69, 9.17) is 10.7 Å². The number of hydrogen-bond acceptors (Lipinski definition) is 6. The predicted octanol–water partition coefficient (Wildman–Crippen LogP) is 3.11. The van der Waals surface area contributed by atoms with Gasteiger partial charge in [-0.05, 0) is 76.5 Å². The zero-order valence-corrected chi connectivity index (χ0v) is 22.8. The average molecular weight is 573 g/mol. The lowest BCUT2D eigenvalue weighted by molar-refractivity contribution is -0.120. The van der Waals surface area contributed by atoms with E-state index >= 15 is 0 Å². The lowest BCUT2D eigenvalue weighted by atomic mass is 9.79. The minimum absolute atomic E-state index is 0.139. The molecule has 1 amide bonds. The molecule has 0 aliphatic heterocycles. The monoisotopic (exact) mass is 571 g/mol. The van der Waals surface area contributed by atoms with Crippen molar-refractivity contribution in [1.82, 2.24) is 19.3 Å². The van der Waals surface area contributed by atoms with Crippen molar-refractivity contribution in [2.24, 2.45) is 5.92 Å². The molecule has 1 aromatic carbocycles. The predicted molar refractivity (Wildman–Crippen MR) is 147 cm³/mol. The van der Waals surface area contributed by atoms with Crippen LogP contribution in [0.1, 0.15) is 56.2 Å².